The summed E-state index contributed by atoms with van der Waals surface area (Å²) in [5, 5.41) is 9.83. The molecule has 7 nitrogen and oxygen atoms in total. The van der Waals surface area contributed by atoms with Crippen molar-refractivity contribution in [2.24, 2.45) is 5.73 Å². The molecule has 1 aromatic heterocycles. The van der Waals surface area contributed by atoms with E-state index in [4.69, 9.17) is 5.73 Å². The van der Waals surface area contributed by atoms with E-state index in [9.17, 15) is 22.3 Å². The average molecular weight is 768 g/mol. The Balaban J connectivity index is 0.000000868. The number of sulfone groups is 1. The molecule has 3 heterocycles. The van der Waals surface area contributed by atoms with Crippen LogP contribution in [0.4, 0.5) is 14.7 Å². The van der Waals surface area contributed by atoms with Gasteiger partial charge >= 0.3 is 49.1 Å². The Hall–Kier alpha value is -0.191. The third-order valence-corrected chi connectivity index (χ3v) is 8.57. The maximum absolute atomic E-state index is 14.5. The van der Waals surface area contributed by atoms with Crippen molar-refractivity contribution in [2.45, 2.75) is 49.8 Å². The van der Waals surface area contributed by atoms with Gasteiger partial charge in [-0.25, -0.2) is 18.4 Å². The molecule has 1 unspecified atom stereocenters. The van der Waals surface area contributed by atoms with E-state index >= 15 is 0 Å². The van der Waals surface area contributed by atoms with Crippen LogP contribution in [-0.2, 0) is 36.2 Å². The molecule has 3 aliphatic rings. The van der Waals surface area contributed by atoms with Crippen LogP contribution in [0.1, 0.15) is 36.6 Å². The molecular weight excluding hydrogens is 744 g/mol. The van der Waals surface area contributed by atoms with E-state index in [2.05, 4.69) is 50.7 Å². The monoisotopic (exact) mass is 767 g/mol. The zero-order chi connectivity index (χ0) is 24.9. The Labute approximate surface area is 226 Å². The average Bonchev–Trinajstić information content (AvgIpc) is 3.26. The molecule has 2 aliphatic heterocycles. The second-order valence-electron chi connectivity index (χ2n) is 8.98. The fraction of sp³-hybridized carbons (Fsp3) is 0.524. The van der Waals surface area contributed by atoms with Crippen molar-refractivity contribution in [3.63, 3.8) is 0 Å². The SMILES string of the molecule is C[C@H]1[C@H](O)CN1c1nc(-c2ccc(C3(N)CCS(=O)(=O)C3)cc2)c2c(n1)C(F)(F)CC2.[I][Cu][I]. The van der Waals surface area contributed by atoms with Crippen molar-refractivity contribution < 1.29 is 30.8 Å². The molecule has 1 aliphatic carbocycles. The molecule has 3 N–H and O–H groups in total. The molecule has 2 saturated heterocycles. The van der Waals surface area contributed by atoms with Gasteiger partial charge in [0.25, 0.3) is 5.92 Å². The topological polar surface area (TPSA) is 109 Å². The number of hydrogen-bond acceptors (Lipinski definition) is 7. The fourth-order valence-corrected chi connectivity index (χ4v) is 6.61. The molecule has 191 valence electrons. The zero-order valence-corrected chi connectivity index (χ0v) is 24.2. The van der Waals surface area contributed by atoms with Gasteiger partial charge in [0.15, 0.2) is 9.84 Å². The molecule has 5 rings (SSSR count). The fourth-order valence-electron chi connectivity index (χ4n) is 4.70. The number of alkyl halides is 2. The minimum absolute atomic E-state index is 0.0585. The first-order valence-corrected chi connectivity index (χ1v) is 18.5. The van der Waals surface area contributed by atoms with E-state index in [0.717, 1.165) is 0 Å². The molecule has 0 bridgehead atoms. The molecule has 0 radical (unpaired) electrons. The van der Waals surface area contributed by atoms with Gasteiger partial charge in [-0.1, -0.05) is 24.3 Å². The van der Waals surface area contributed by atoms with E-state index in [1.807, 2.05) is 0 Å². The molecule has 3 atom stereocenters. The Morgan fingerprint density at radius 3 is 2.38 bits per heavy atom. The second-order valence-corrected chi connectivity index (χ2v) is 19.1. The predicted molar refractivity (Wildman–Crippen MR) is 140 cm³/mol. The molecule has 0 spiro atoms. The number of aliphatic hydroxyl groups is 1. The Bertz CT molecular complexity index is 1190. The van der Waals surface area contributed by atoms with Gasteiger partial charge in [0.2, 0.25) is 5.95 Å². The third-order valence-electron chi connectivity index (χ3n) is 6.79. The number of anilines is 1. The van der Waals surface area contributed by atoms with E-state index in [-0.39, 0.29) is 42.0 Å². The van der Waals surface area contributed by atoms with Crippen LogP contribution in [0, 0.1) is 0 Å². The van der Waals surface area contributed by atoms with E-state index in [0.29, 0.717) is 35.3 Å². The summed E-state index contributed by atoms with van der Waals surface area (Å²) in [5.41, 5.74) is 7.40. The number of β-amino-alcohol motifs (C(OH)–C–C–N with tert-alkyl or cyclic N) is 1. The standard InChI is InChI=1S/C21H24F2N4O3S.Cu.2HI/c1-12-16(28)10-27(12)19-25-17(15-6-7-21(22,23)18(15)26-19)13-2-4-14(5-3-13)20(24)8-9-31(29,30)11-20;;;/h2-5,12,16,28H,6-11,24H2,1H3;;2*1H/q;+2;;/p-2/t12-,16+,20?;;;/m0.../s1. The van der Waals surface area contributed by atoms with Crippen molar-refractivity contribution >= 4 is 56.5 Å². The maximum atomic E-state index is 14.5. The Morgan fingerprint density at radius 1 is 1.21 bits per heavy atom. The van der Waals surface area contributed by atoms with Crippen LogP contribution in [0.3, 0.4) is 0 Å². The van der Waals surface area contributed by atoms with Crippen molar-refractivity contribution in [1.29, 1.82) is 0 Å². The van der Waals surface area contributed by atoms with Gasteiger partial charge in [0.05, 0.1) is 34.9 Å². The summed E-state index contributed by atoms with van der Waals surface area (Å²) in [5.74, 6) is -2.88. The molecule has 34 heavy (non-hydrogen) atoms. The summed E-state index contributed by atoms with van der Waals surface area (Å²) in [6.07, 6.45) is -0.323. The first kappa shape index (κ1) is 26.9. The Kier molecular flexibility index (Phi) is 7.85. The van der Waals surface area contributed by atoms with Gasteiger partial charge in [-0.05, 0) is 25.3 Å². The first-order valence-electron chi connectivity index (χ1n) is 10.6. The number of benzene rings is 1. The molecule has 13 heteroatoms. The van der Waals surface area contributed by atoms with Crippen LogP contribution in [0.5, 0.6) is 0 Å². The zero-order valence-electron chi connectivity index (χ0n) is 18.1. The third kappa shape index (κ3) is 5.12. The van der Waals surface area contributed by atoms with Crippen molar-refractivity contribution in [2.75, 3.05) is 23.0 Å². The van der Waals surface area contributed by atoms with Crippen molar-refractivity contribution in [3.05, 3.63) is 41.1 Å². The molecule has 0 amide bonds. The summed E-state index contributed by atoms with van der Waals surface area (Å²) in [6, 6.07) is 6.78. The summed E-state index contributed by atoms with van der Waals surface area (Å²) < 4.78 is 52.8. The van der Waals surface area contributed by atoms with Gasteiger partial charge in [0.1, 0.15) is 5.69 Å². The van der Waals surface area contributed by atoms with Gasteiger partial charge in [-0.3, -0.25) is 0 Å². The molecular formula is C21H24CuF2I2N4O3S. The van der Waals surface area contributed by atoms with Gasteiger partial charge in [-0.2, -0.15) is 8.78 Å². The summed E-state index contributed by atoms with van der Waals surface area (Å²) >= 11 is 4.36. The van der Waals surface area contributed by atoms with Crippen LogP contribution in [0.25, 0.3) is 11.3 Å². The Morgan fingerprint density at radius 2 is 1.85 bits per heavy atom. The molecule has 1 aromatic carbocycles. The number of nitrogens with two attached hydrogens (primary N) is 1. The van der Waals surface area contributed by atoms with Gasteiger partial charge in [0, 0.05) is 24.1 Å². The van der Waals surface area contributed by atoms with Crippen molar-refractivity contribution in [1.82, 2.24) is 9.97 Å². The minimum atomic E-state index is -3.16. The van der Waals surface area contributed by atoms with Crippen LogP contribution < -0.4 is 10.6 Å². The second kappa shape index (κ2) is 9.93. The van der Waals surface area contributed by atoms with Crippen LogP contribution in [0.2, 0.25) is 0 Å². The number of rotatable bonds is 3. The number of nitrogens with zero attached hydrogens (tertiary/aromatic N) is 3. The summed E-state index contributed by atoms with van der Waals surface area (Å²) in [7, 11) is -1.41. The van der Waals surface area contributed by atoms with Crippen LogP contribution >= 0.6 is 40.7 Å². The van der Waals surface area contributed by atoms with Gasteiger partial charge < -0.3 is 15.7 Å². The molecule has 0 saturated carbocycles. The van der Waals surface area contributed by atoms with E-state index < -0.39 is 27.4 Å². The van der Waals surface area contributed by atoms with E-state index in [1.165, 1.54) is 0 Å². The number of aromatic nitrogens is 2. The predicted octanol–water partition coefficient (Wildman–Crippen LogP) is 3.49. The first-order chi connectivity index (χ1) is 15.9. The molecule has 2 fully saturated rings. The number of aliphatic hydroxyl groups excluding tert-OH is 1. The quantitative estimate of drug-likeness (QED) is 0.364. The summed E-state index contributed by atoms with van der Waals surface area (Å²) in [4.78, 5) is 10.5. The number of hydrogen-bond donors (Lipinski definition) is 2. The van der Waals surface area contributed by atoms with Crippen LogP contribution in [0.15, 0.2) is 24.3 Å². The van der Waals surface area contributed by atoms with E-state index in [1.54, 1.807) is 44.5 Å². The van der Waals surface area contributed by atoms with Gasteiger partial charge in [-0.15, -0.1) is 0 Å². The number of halogens is 4. The van der Waals surface area contributed by atoms with Crippen molar-refractivity contribution in [3.8, 4) is 11.3 Å². The summed E-state index contributed by atoms with van der Waals surface area (Å²) in [6.45, 7) is 2.10. The molecule has 2 aromatic rings. The normalized spacial score (nSPS) is 28.7. The van der Waals surface area contributed by atoms with Crippen LogP contribution in [-0.4, -0.2) is 53.7 Å². The number of fused-ring (bicyclic) bond motifs is 1.